The Hall–Kier alpha value is -0.540. The minimum Gasteiger partial charge on any atom is -0.508 e. The predicted molar refractivity (Wildman–Crippen MR) is 63.3 cm³/mol. The highest BCUT2D eigenvalue weighted by Crippen LogP contribution is 2.26. The topological polar surface area (TPSA) is 32.3 Å². The summed E-state index contributed by atoms with van der Waals surface area (Å²) in [7, 11) is 0. The predicted octanol–water partition coefficient (Wildman–Crippen LogP) is 2.44. The van der Waals surface area contributed by atoms with Gasteiger partial charge in [0.2, 0.25) is 0 Å². The average Bonchev–Trinajstić information content (AvgIpc) is 2.53. The van der Waals surface area contributed by atoms with E-state index in [0.717, 1.165) is 6.54 Å². The van der Waals surface area contributed by atoms with Crippen LogP contribution in [0.5, 0.6) is 5.75 Å². The Balaban J connectivity index is 0.000000980. The van der Waals surface area contributed by atoms with Gasteiger partial charge in [0.1, 0.15) is 5.75 Å². The van der Waals surface area contributed by atoms with Gasteiger partial charge < -0.3 is 10.4 Å². The van der Waals surface area contributed by atoms with E-state index in [1.165, 1.54) is 12.0 Å². The zero-order chi connectivity index (χ0) is 9.26. The third kappa shape index (κ3) is 2.49. The standard InChI is InChI=1S/C11H15NO.BrH/c1-8-6-10(7-12-8)9-2-4-11(13)5-3-9;/h2-5,8,10,12-13H,6-7H2,1H3;1H. The van der Waals surface area contributed by atoms with Crippen LogP contribution in [0.1, 0.15) is 24.8 Å². The molecule has 1 saturated heterocycles. The molecule has 1 aliphatic heterocycles. The number of benzene rings is 1. The molecule has 0 radical (unpaired) electrons. The smallest absolute Gasteiger partial charge is 0.115 e. The summed E-state index contributed by atoms with van der Waals surface area (Å²) in [4.78, 5) is 0. The quantitative estimate of drug-likeness (QED) is 0.810. The van der Waals surface area contributed by atoms with Crippen LogP contribution < -0.4 is 5.32 Å². The summed E-state index contributed by atoms with van der Waals surface area (Å²) in [5.41, 5.74) is 1.33. The first-order chi connectivity index (χ1) is 6.25. The fourth-order valence-electron chi connectivity index (χ4n) is 1.94. The van der Waals surface area contributed by atoms with E-state index in [2.05, 4.69) is 12.2 Å². The van der Waals surface area contributed by atoms with E-state index in [4.69, 9.17) is 5.11 Å². The maximum atomic E-state index is 9.14. The molecule has 2 nitrogen and oxygen atoms in total. The van der Waals surface area contributed by atoms with Gasteiger partial charge in [0.15, 0.2) is 0 Å². The molecule has 0 aromatic heterocycles. The monoisotopic (exact) mass is 257 g/mol. The van der Waals surface area contributed by atoms with E-state index in [0.29, 0.717) is 17.7 Å². The highest BCUT2D eigenvalue weighted by molar-refractivity contribution is 8.93. The van der Waals surface area contributed by atoms with Crippen LogP contribution in [0.4, 0.5) is 0 Å². The molecule has 1 aromatic carbocycles. The summed E-state index contributed by atoms with van der Waals surface area (Å²) >= 11 is 0. The maximum Gasteiger partial charge on any atom is 0.115 e. The third-order valence-electron chi connectivity index (χ3n) is 2.72. The molecule has 0 aliphatic carbocycles. The number of phenols is 1. The first kappa shape index (κ1) is 11.5. The number of hydrogen-bond acceptors (Lipinski definition) is 2. The van der Waals surface area contributed by atoms with Crippen LogP contribution in [0.25, 0.3) is 0 Å². The molecular formula is C11H16BrNO. The SMILES string of the molecule is Br.CC1CC(c2ccc(O)cc2)CN1. The zero-order valence-corrected chi connectivity index (χ0v) is 9.95. The molecule has 0 spiro atoms. The molecule has 2 N–H and O–H groups in total. The van der Waals surface area contributed by atoms with Gasteiger partial charge in [-0.05, 0) is 37.0 Å². The molecule has 2 rings (SSSR count). The van der Waals surface area contributed by atoms with Crippen molar-refractivity contribution in [1.29, 1.82) is 0 Å². The van der Waals surface area contributed by atoms with Gasteiger partial charge in [0.05, 0.1) is 0 Å². The van der Waals surface area contributed by atoms with Gasteiger partial charge in [-0.1, -0.05) is 12.1 Å². The second kappa shape index (κ2) is 4.80. The summed E-state index contributed by atoms with van der Waals surface area (Å²) in [5.74, 6) is 0.971. The highest BCUT2D eigenvalue weighted by Gasteiger charge is 2.21. The molecule has 0 amide bonds. The Labute approximate surface area is 95.1 Å². The Morgan fingerprint density at radius 1 is 1.29 bits per heavy atom. The Bertz CT molecular complexity index is 286. The van der Waals surface area contributed by atoms with Gasteiger partial charge in [-0.25, -0.2) is 0 Å². The highest BCUT2D eigenvalue weighted by atomic mass is 79.9. The molecule has 0 saturated carbocycles. The lowest BCUT2D eigenvalue weighted by atomic mass is 9.97. The fourth-order valence-corrected chi connectivity index (χ4v) is 1.94. The van der Waals surface area contributed by atoms with Gasteiger partial charge in [-0.2, -0.15) is 0 Å². The number of nitrogens with one attached hydrogen (secondary N) is 1. The molecule has 0 bridgehead atoms. The van der Waals surface area contributed by atoms with E-state index in [-0.39, 0.29) is 17.0 Å². The van der Waals surface area contributed by atoms with Crippen molar-refractivity contribution in [1.82, 2.24) is 5.32 Å². The van der Waals surface area contributed by atoms with Crippen LogP contribution >= 0.6 is 17.0 Å². The molecule has 2 unspecified atom stereocenters. The summed E-state index contributed by atoms with van der Waals surface area (Å²) in [6.45, 7) is 3.27. The van der Waals surface area contributed by atoms with E-state index < -0.39 is 0 Å². The van der Waals surface area contributed by atoms with E-state index in [1.807, 2.05) is 12.1 Å². The van der Waals surface area contributed by atoms with Crippen molar-refractivity contribution < 1.29 is 5.11 Å². The lowest BCUT2D eigenvalue weighted by Crippen LogP contribution is -2.16. The van der Waals surface area contributed by atoms with Gasteiger partial charge >= 0.3 is 0 Å². The molecule has 14 heavy (non-hydrogen) atoms. The van der Waals surface area contributed by atoms with Gasteiger partial charge in [-0.15, -0.1) is 17.0 Å². The maximum absolute atomic E-state index is 9.14. The van der Waals surface area contributed by atoms with Gasteiger partial charge in [0, 0.05) is 12.6 Å². The molecule has 1 aliphatic rings. The largest absolute Gasteiger partial charge is 0.508 e. The normalized spacial score (nSPS) is 25.8. The summed E-state index contributed by atoms with van der Waals surface area (Å²) < 4.78 is 0. The molecule has 1 fully saturated rings. The van der Waals surface area contributed by atoms with Crippen molar-refractivity contribution in [3.8, 4) is 5.75 Å². The molecular weight excluding hydrogens is 242 g/mol. The summed E-state index contributed by atoms with van der Waals surface area (Å²) in [5, 5.41) is 12.6. The lowest BCUT2D eigenvalue weighted by molar-refractivity contribution is 0.475. The van der Waals surface area contributed by atoms with Crippen molar-refractivity contribution in [2.24, 2.45) is 0 Å². The number of phenolic OH excluding ortho intramolecular Hbond substituents is 1. The minimum atomic E-state index is 0. The van der Waals surface area contributed by atoms with Crippen molar-refractivity contribution in [2.75, 3.05) is 6.54 Å². The van der Waals surface area contributed by atoms with Gasteiger partial charge in [-0.3, -0.25) is 0 Å². The lowest BCUT2D eigenvalue weighted by Gasteiger charge is -2.08. The Kier molecular flexibility index (Phi) is 3.96. The average molecular weight is 258 g/mol. The molecule has 1 heterocycles. The van der Waals surface area contributed by atoms with E-state index in [1.54, 1.807) is 12.1 Å². The third-order valence-corrected chi connectivity index (χ3v) is 2.72. The molecule has 78 valence electrons. The van der Waals surface area contributed by atoms with Crippen LogP contribution in [0.3, 0.4) is 0 Å². The Morgan fingerprint density at radius 3 is 2.43 bits per heavy atom. The second-order valence-corrected chi connectivity index (χ2v) is 3.83. The summed E-state index contributed by atoms with van der Waals surface area (Å²) in [6, 6.07) is 8.18. The molecule has 1 aromatic rings. The number of rotatable bonds is 1. The van der Waals surface area contributed by atoms with Crippen molar-refractivity contribution in [3.05, 3.63) is 29.8 Å². The van der Waals surface area contributed by atoms with Crippen LogP contribution in [0.15, 0.2) is 24.3 Å². The second-order valence-electron chi connectivity index (χ2n) is 3.83. The van der Waals surface area contributed by atoms with Crippen LogP contribution in [0, 0.1) is 0 Å². The van der Waals surface area contributed by atoms with E-state index >= 15 is 0 Å². The van der Waals surface area contributed by atoms with Crippen LogP contribution in [-0.2, 0) is 0 Å². The van der Waals surface area contributed by atoms with Crippen molar-refractivity contribution in [3.63, 3.8) is 0 Å². The number of hydrogen-bond donors (Lipinski definition) is 2. The van der Waals surface area contributed by atoms with E-state index in [9.17, 15) is 0 Å². The zero-order valence-electron chi connectivity index (χ0n) is 8.23. The Morgan fingerprint density at radius 2 is 1.93 bits per heavy atom. The van der Waals surface area contributed by atoms with Crippen molar-refractivity contribution in [2.45, 2.75) is 25.3 Å². The first-order valence-corrected chi connectivity index (χ1v) is 4.78. The molecule has 3 heteroatoms. The van der Waals surface area contributed by atoms with Gasteiger partial charge in [0.25, 0.3) is 0 Å². The first-order valence-electron chi connectivity index (χ1n) is 4.78. The minimum absolute atomic E-state index is 0. The number of aromatic hydroxyl groups is 1. The van der Waals surface area contributed by atoms with Crippen LogP contribution in [0.2, 0.25) is 0 Å². The fraction of sp³-hybridized carbons (Fsp3) is 0.455. The number of halogens is 1. The molecule has 2 atom stereocenters. The van der Waals surface area contributed by atoms with Crippen molar-refractivity contribution >= 4 is 17.0 Å². The summed E-state index contributed by atoms with van der Waals surface area (Å²) in [6.07, 6.45) is 1.20. The van der Waals surface area contributed by atoms with Crippen LogP contribution in [-0.4, -0.2) is 17.7 Å².